The molecule has 2 heteroatoms. The Balaban J connectivity index is 1.76. The van der Waals surface area contributed by atoms with E-state index in [-0.39, 0.29) is 0 Å². The lowest BCUT2D eigenvalue weighted by molar-refractivity contribution is 0.0626. The summed E-state index contributed by atoms with van der Waals surface area (Å²) in [5, 5.41) is 18.0. The van der Waals surface area contributed by atoms with Gasteiger partial charge in [-0.25, -0.2) is 0 Å². The molecule has 17 heavy (non-hydrogen) atoms. The molecule has 2 aliphatic rings. The lowest BCUT2D eigenvalue weighted by atomic mass is 9.61. The van der Waals surface area contributed by atoms with Crippen LogP contribution in [0, 0.1) is 17.3 Å². The molecule has 0 bridgehead atoms. The Morgan fingerprint density at radius 2 is 1.06 bits per heavy atom. The van der Waals surface area contributed by atoms with Crippen molar-refractivity contribution in [3.63, 3.8) is 0 Å². The molecule has 2 saturated carbocycles. The van der Waals surface area contributed by atoms with Crippen LogP contribution >= 0.6 is 0 Å². The standard InChI is InChI=1S/C15H28O2/c16-11-5-13-1-7-15(8-2-13)9-3-14(4-10-15)6-12-17/h13-14,16-17H,1-12H2. The maximum absolute atomic E-state index is 8.99. The average Bonchev–Trinajstić information content (AvgIpc) is 2.36. The third kappa shape index (κ3) is 3.45. The fourth-order valence-corrected chi connectivity index (χ4v) is 4.02. The molecule has 0 amide bonds. The van der Waals surface area contributed by atoms with Gasteiger partial charge in [-0.05, 0) is 81.5 Å². The molecule has 2 N–H and O–H groups in total. The van der Waals surface area contributed by atoms with Crippen molar-refractivity contribution in [3.05, 3.63) is 0 Å². The summed E-state index contributed by atoms with van der Waals surface area (Å²) in [5.74, 6) is 1.58. The monoisotopic (exact) mass is 240 g/mol. The first-order valence-electron chi connectivity index (χ1n) is 7.50. The van der Waals surface area contributed by atoms with E-state index in [2.05, 4.69) is 0 Å². The van der Waals surface area contributed by atoms with Gasteiger partial charge in [-0.2, -0.15) is 0 Å². The van der Waals surface area contributed by atoms with Crippen LogP contribution in [0.15, 0.2) is 0 Å². The smallest absolute Gasteiger partial charge is 0.0433 e. The van der Waals surface area contributed by atoms with Gasteiger partial charge in [-0.1, -0.05) is 0 Å². The SMILES string of the molecule is OCCC1CCC2(CC1)CCC(CCO)CC2. The van der Waals surface area contributed by atoms with Gasteiger partial charge in [0.2, 0.25) is 0 Å². The Hall–Kier alpha value is -0.0800. The molecule has 0 heterocycles. The summed E-state index contributed by atoms with van der Waals surface area (Å²) in [5.41, 5.74) is 0.651. The van der Waals surface area contributed by atoms with Crippen LogP contribution in [0.25, 0.3) is 0 Å². The molecule has 100 valence electrons. The molecule has 0 aromatic rings. The molecule has 2 rings (SSSR count). The first-order chi connectivity index (χ1) is 8.28. The summed E-state index contributed by atoms with van der Waals surface area (Å²) >= 11 is 0. The molecule has 2 aliphatic carbocycles. The maximum Gasteiger partial charge on any atom is 0.0433 e. The van der Waals surface area contributed by atoms with Gasteiger partial charge in [-0.3, -0.25) is 0 Å². The second-order valence-corrected chi connectivity index (χ2v) is 6.41. The first-order valence-corrected chi connectivity index (χ1v) is 7.50. The molecule has 2 nitrogen and oxygen atoms in total. The molecule has 0 radical (unpaired) electrons. The minimum Gasteiger partial charge on any atom is -0.396 e. The highest BCUT2D eigenvalue weighted by Gasteiger charge is 2.37. The van der Waals surface area contributed by atoms with Crippen molar-refractivity contribution in [1.29, 1.82) is 0 Å². The fourth-order valence-electron chi connectivity index (χ4n) is 4.02. The summed E-state index contributed by atoms with van der Waals surface area (Å²) in [6.45, 7) is 0.743. The van der Waals surface area contributed by atoms with Crippen molar-refractivity contribution in [2.45, 2.75) is 64.2 Å². The first kappa shape index (κ1) is 13.4. The van der Waals surface area contributed by atoms with Gasteiger partial charge in [0.1, 0.15) is 0 Å². The van der Waals surface area contributed by atoms with Gasteiger partial charge in [0.15, 0.2) is 0 Å². The highest BCUT2D eigenvalue weighted by atomic mass is 16.3. The van der Waals surface area contributed by atoms with Crippen LogP contribution in [-0.4, -0.2) is 23.4 Å². The normalized spacial score (nSPS) is 38.5. The van der Waals surface area contributed by atoms with E-state index in [9.17, 15) is 0 Å². The minimum absolute atomic E-state index is 0.371. The lowest BCUT2D eigenvalue weighted by Crippen LogP contribution is -2.32. The number of aliphatic hydroxyl groups excluding tert-OH is 2. The van der Waals surface area contributed by atoms with Crippen molar-refractivity contribution < 1.29 is 10.2 Å². The van der Waals surface area contributed by atoms with Gasteiger partial charge < -0.3 is 10.2 Å². The third-order valence-corrected chi connectivity index (χ3v) is 5.41. The quantitative estimate of drug-likeness (QED) is 0.792. The number of hydrogen-bond acceptors (Lipinski definition) is 2. The highest BCUT2D eigenvalue weighted by molar-refractivity contribution is 4.89. The predicted octanol–water partition coefficient (Wildman–Crippen LogP) is 3.12. The Kier molecular flexibility index (Phi) is 4.87. The Labute approximate surface area is 105 Å². The van der Waals surface area contributed by atoms with Crippen LogP contribution in [0.4, 0.5) is 0 Å². The van der Waals surface area contributed by atoms with Crippen LogP contribution in [0.2, 0.25) is 0 Å². The minimum atomic E-state index is 0.371. The molecule has 0 aromatic heterocycles. The van der Waals surface area contributed by atoms with Crippen LogP contribution in [-0.2, 0) is 0 Å². The predicted molar refractivity (Wildman–Crippen MR) is 69.8 cm³/mol. The molecule has 2 fully saturated rings. The molecule has 0 aliphatic heterocycles. The fraction of sp³-hybridized carbons (Fsp3) is 1.00. The van der Waals surface area contributed by atoms with E-state index in [4.69, 9.17) is 10.2 Å². The molecule has 0 atom stereocenters. The highest BCUT2D eigenvalue weighted by Crippen LogP contribution is 2.50. The largest absolute Gasteiger partial charge is 0.396 e. The molecule has 1 spiro atoms. The van der Waals surface area contributed by atoms with Gasteiger partial charge in [-0.15, -0.1) is 0 Å². The van der Waals surface area contributed by atoms with Crippen LogP contribution in [0.3, 0.4) is 0 Å². The van der Waals surface area contributed by atoms with Gasteiger partial charge in [0.25, 0.3) is 0 Å². The molecule has 0 aromatic carbocycles. The second kappa shape index (κ2) is 6.19. The van der Waals surface area contributed by atoms with Gasteiger partial charge >= 0.3 is 0 Å². The van der Waals surface area contributed by atoms with Crippen LogP contribution in [0.1, 0.15) is 64.2 Å². The average molecular weight is 240 g/mol. The molecule has 0 unspecified atom stereocenters. The van der Waals surface area contributed by atoms with E-state index in [1.165, 1.54) is 51.4 Å². The summed E-state index contributed by atoms with van der Waals surface area (Å²) in [7, 11) is 0. The van der Waals surface area contributed by atoms with Crippen molar-refractivity contribution >= 4 is 0 Å². The Morgan fingerprint density at radius 3 is 1.35 bits per heavy atom. The van der Waals surface area contributed by atoms with Gasteiger partial charge in [0.05, 0.1) is 0 Å². The van der Waals surface area contributed by atoms with Crippen molar-refractivity contribution in [2.24, 2.45) is 17.3 Å². The number of aliphatic hydroxyl groups is 2. The zero-order valence-corrected chi connectivity index (χ0v) is 11.0. The summed E-state index contributed by atoms with van der Waals surface area (Å²) < 4.78 is 0. The summed E-state index contributed by atoms with van der Waals surface area (Å²) in [4.78, 5) is 0. The van der Waals surface area contributed by atoms with E-state index in [1.54, 1.807) is 0 Å². The maximum atomic E-state index is 8.99. The number of hydrogen-bond donors (Lipinski definition) is 2. The van der Waals surface area contributed by atoms with Crippen molar-refractivity contribution in [2.75, 3.05) is 13.2 Å². The molecular formula is C15H28O2. The van der Waals surface area contributed by atoms with Gasteiger partial charge in [0, 0.05) is 13.2 Å². The Bertz CT molecular complexity index is 183. The van der Waals surface area contributed by atoms with Crippen LogP contribution in [0.5, 0.6) is 0 Å². The van der Waals surface area contributed by atoms with E-state index in [1.807, 2.05) is 0 Å². The van der Waals surface area contributed by atoms with Crippen molar-refractivity contribution in [3.8, 4) is 0 Å². The second-order valence-electron chi connectivity index (χ2n) is 6.41. The van der Waals surface area contributed by atoms with E-state index >= 15 is 0 Å². The summed E-state index contributed by atoms with van der Waals surface area (Å²) in [6, 6.07) is 0. The zero-order chi connectivity index (χ0) is 12.1. The Morgan fingerprint density at radius 1 is 0.706 bits per heavy atom. The number of rotatable bonds is 4. The zero-order valence-electron chi connectivity index (χ0n) is 11.0. The van der Waals surface area contributed by atoms with E-state index in [0.29, 0.717) is 18.6 Å². The molecular weight excluding hydrogens is 212 g/mol. The summed E-state index contributed by atoms with van der Waals surface area (Å²) in [6.07, 6.45) is 13.0. The third-order valence-electron chi connectivity index (χ3n) is 5.41. The van der Waals surface area contributed by atoms with Crippen LogP contribution < -0.4 is 0 Å². The van der Waals surface area contributed by atoms with Crippen molar-refractivity contribution in [1.82, 2.24) is 0 Å². The lowest BCUT2D eigenvalue weighted by Gasteiger charge is -2.45. The molecule has 0 saturated heterocycles. The topological polar surface area (TPSA) is 40.5 Å². The van der Waals surface area contributed by atoms with E-state index in [0.717, 1.165) is 24.7 Å². The van der Waals surface area contributed by atoms with E-state index < -0.39 is 0 Å².